The summed E-state index contributed by atoms with van der Waals surface area (Å²) in [4.78, 5) is 28.5. The van der Waals surface area contributed by atoms with Gasteiger partial charge in [0, 0.05) is 25.9 Å². The molecule has 0 spiro atoms. The number of rotatable bonds is 3. The smallest absolute Gasteiger partial charge is 0.258 e. The van der Waals surface area contributed by atoms with Gasteiger partial charge in [-0.15, -0.1) is 0 Å². The molecule has 1 heterocycles. The molecule has 2 amide bonds. The number of carbonyl (C=O) groups excluding carboxylic acids is 2. The Labute approximate surface area is 191 Å². The van der Waals surface area contributed by atoms with Gasteiger partial charge in [0.15, 0.2) is 0 Å². The van der Waals surface area contributed by atoms with Crippen molar-refractivity contribution < 1.29 is 14.3 Å². The van der Waals surface area contributed by atoms with E-state index in [-0.39, 0.29) is 29.9 Å². The number of hydrogen-bond donors (Lipinski definition) is 1. The quantitative estimate of drug-likeness (QED) is 0.717. The van der Waals surface area contributed by atoms with Gasteiger partial charge < -0.3 is 15.0 Å². The topological polar surface area (TPSA) is 58.6 Å². The first-order valence-corrected chi connectivity index (χ1v) is 11.4. The van der Waals surface area contributed by atoms with Gasteiger partial charge >= 0.3 is 0 Å². The van der Waals surface area contributed by atoms with E-state index in [1.165, 1.54) is 0 Å². The van der Waals surface area contributed by atoms with Crippen LogP contribution in [0.4, 0.5) is 0 Å². The first kappa shape index (κ1) is 23.6. The Morgan fingerprint density at radius 3 is 2.38 bits per heavy atom. The third-order valence-corrected chi connectivity index (χ3v) is 5.97. The van der Waals surface area contributed by atoms with E-state index in [4.69, 9.17) is 4.74 Å². The van der Waals surface area contributed by atoms with Crippen LogP contribution in [0, 0.1) is 5.92 Å². The molecule has 3 atom stereocenters. The molecular weight excluding hydrogens is 400 g/mol. The van der Waals surface area contributed by atoms with Gasteiger partial charge in [-0.25, -0.2) is 0 Å². The lowest BCUT2D eigenvalue weighted by molar-refractivity contribution is -0.126. The van der Waals surface area contributed by atoms with Crippen LogP contribution in [0.3, 0.4) is 0 Å². The number of ether oxygens (including phenoxy) is 1. The fourth-order valence-corrected chi connectivity index (χ4v) is 3.89. The summed E-state index contributed by atoms with van der Waals surface area (Å²) >= 11 is 0. The van der Waals surface area contributed by atoms with Crippen LogP contribution in [0.5, 0.6) is 5.75 Å². The summed E-state index contributed by atoms with van der Waals surface area (Å²) in [5, 5.41) is 3.21. The van der Waals surface area contributed by atoms with E-state index >= 15 is 0 Å². The Bertz CT molecular complexity index is 939. The van der Waals surface area contributed by atoms with Gasteiger partial charge in [0.1, 0.15) is 11.8 Å². The van der Waals surface area contributed by atoms with E-state index < -0.39 is 6.04 Å². The lowest BCUT2D eigenvalue weighted by Gasteiger charge is -2.31. The lowest BCUT2D eigenvalue weighted by atomic mass is 9.98. The van der Waals surface area contributed by atoms with Gasteiger partial charge in [-0.1, -0.05) is 68.5 Å². The summed E-state index contributed by atoms with van der Waals surface area (Å²) in [6.07, 6.45) is 6.05. The first-order valence-electron chi connectivity index (χ1n) is 11.4. The first-order chi connectivity index (χ1) is 15.4. The lowest BCUT2D eigenvalue weighted by Crippen LogP contribution is -2.52. The molecule has 32 heavy (non-hydrogen) atoms. The third-order valence-electron chi connectivity index (χ3n) is 5.97. The highest BCUT2D eigenvalue weighted by Crippen LogP contribution is 2.24. The number of amides is 2. The van der Waals surface area contributed by atoms with E-state index in [1.54, 1.807) is 18.0 Å². The Balaban J connectivity index is 2.00. The molecule has 0 saturated heterocycles. The molecular formula is C27H34N2O3. The normalized spacial score (nSPS) is 23.7. The van der Waals surface area contributed by atoms with Gasteiger partial charge in [-0.3, -0.25) is 9.59 Å². The highest BCUT2D eigenvalue weighted by Gasteiger charge is 2.31. The van der Waals surface area contributed by atoms with E-state index in [2.05, 4.69) is 31.3 Å². The highest BCUT2D eigenvalue weighted by atomic mass is 16.5. The summed E-state index contributed by atoms with van der Waals surface area (Å²) in [6.45, 7) is 6.21. The van der Waals surface area contributed by atoms with E-state index in [9.17, 15) is 9.59 Å². The van der Waals surface area contributed by atoms with Crippen molar-refractivity contribution >= 4 is 11.8 Å². The van der Waals surface area contributed by atoms with Gasteiger partial charge in [-0.05, 0) is 37.0 Å². The summed E-state index contributed by atoms with van der Waals surface area (Å²) in [6, 6.07) is 16.4. The van der Waals surface area contributed by atoms with Crippen LogP contribution in [0.1, 0.15) is 49.5 Å². The molecule has 0 bridgehead atoms. The summed E-state index contributed by atoms with van der Waals surface area (Å²) in [5.41, 5.74) is 1.47. The van der Waals surface area contributed by atoms with Gasteiger partial charge in [0.25, 0.3) is 5.91 Å². The van der Waals surface area contributed by atoms with Crippen molar-refractivity contribution in [2.45, 2.75) is 58.2 Å². The van der Waals surface area contributed by atoms with Gasteiger partial charge in [-0.2, -0.15) is 0 Å². The molecule has 2 aromatic carbocycles. The second-order valence-corrected chi connectivity index (χ2v) is 8.85. The molecule has 3 rings (SSSR count). The monoisotopic (exact) mass is 434 g/mol. The van der Waals surface area contributed by atoms with Crippen molar-refractivity contribution in [3.63, 3.8) is 0 Å². The van der Waals surface area contributed by atoms with Crippen molar-refractivity contribution in [2.24, 2.45) is 5.92 Å². The second kappa shape index (κ2) is 11.0. The van der Waals surface area contributed by atoms with Crippen LogP contribution in [0.15, 0.2) is 66.7 Å². The molecule has 0 radical (unpaired) electrons. The van der Waals surface area contributed by atoms with Crippen LogP contribution in [-0.2, 0) is 11.2 Å². The average molecular weight is 435 g/mol. The molecule has 1 N–H and O–H groups in total. The predicted octanol–water partition coefficient (Wildman–Crippen LogP) is 4.63. The Kier molecular flexibility index (Phi) is 8.09. The van der Waals surface area contributed by atoms with Crippen LogP contribution in [-0.4, -0.2) is 41.9 Å². The molecule has 5 heteroatoms. The number of nitrogens with zero attached hydrogens (tertiary/aromatic N) is 1. The second-order valence-electron chi connectivity index (χ2n) is 8.85. The number of carbonyl (C=O) groups is 2. The zero-order valence-corrected chi connectivity index (χ0v) is 19.5. The molecule has 0 aromatic heterocycles. The summed E-state index contributed by atoms with van der Waals surface area (Å²) < 4.78 is 6.11. The van der Waals surface area contributed by atoms with Gasteiger partial charge in [0.05, 0.1) is 11.7 Å². The fraction of sp³-hybridized carbons (Fsp3) is 0.407. The van der Waals surface area contributed by atoms with Crippen LogP contribution < -0.4 is 10.1 Å². The molecule has 170 valence electrons. The maximum atomic E-state index is 13.5. The number of benzene rings is 2. The summed E-state index contributed by atoms with van der Waals surface area (Å²) in [7, 11) is 1.70. The van der Waals surface area contributed by atoms with Crippen LogP contribution >= 0.6 is 0 Å². The average Bonchev–Trinajstić information content (AvgIpc) is 2.78. The van der Waals surface area contributed by atoms with E-state index in [0.717, 1.165) is 18.4 Å². The highest BCUT2D eigenvalue weighted by molar-refractivity contribution is 5.99. The zero-order chi connectivity index (χ0) is 23.1. The van der Waals surface area contributed by atoms with Crippen LogP contribution in [0.2, 0.25) is 0 Å². The Hall–Kier alpha value is -3.08. The minimum absolute atomic E-state index is 0.00743. The molecule has 2 aromatic rings. The largest absolute Gasteiger partial charge is 0.490 e. The number of hydrogen-bond acceptors (Lipinski definition) is 3. The zero-order valence-electron chi connectivity index (χ0n) is 19.5. The van der Waals surface area contributed by atoms with Crippen LogP contribution in [0.25, 0.3) is 0 Å². The molecule has 0 unspecified atom stereocenters. The number of nitrogens with one attached hydrogen (secondary N) is 1. The predicted molar refractivity (Wildman–Crippen MR) is 128 cm³/mol. The van der Waals surface area contributed by atoms with E-state index in [1.807, 2.05) is 55.5 Å². The Morgan fingerprint density at radius 1 is 1.00 bits per heavy atom. The minimum atomic E-state index is -0.636. The van der Waals surface area contributed by atoms with Crippen molar-refractivity contribution in [1.82, 2.24) is 10.2 Å². The maximum Gasteiger partial charge on any atom is 0.258 e. The molecule has 0 aliphatic carbocycles. The third kappa shape index (κ3) is 6.00. The Morgan fingerprint density at radius 2 is 1.66 bits per heavy atom. The van der Waals surface area contributed by atoms with Crippen molar-refractivity contribution in [1.29, 1.82) is 0 Å². The molecule has 0 saturated carbocycles. The van der Waals surface area contributed by atoms with Crippen molar-refractivity contribution in [3.8, 4) is 5.75 Å². The SMILES string of the molecule is CC(C)[C@H]1C/C=C\C[C@@H](C)Oc2ccccc2C(=O)N(C)[C@H](Cc2ccccc2)C(=O)N1. The standard InChI is InChI=1S/C27H34N2O3/c1-19(2)23-16-10-8-12-20(3)32-25-17-11-9-15-22(25)27(31)29(4)24(26(30)28-23)18-21-13-6-5-7-14-21/h5-11,13-15,17,19-20,23-24H,12,16,18H2,1-4H3,(H,28,30)/b10-8-/t20-,23-,24-/m1/s1. The van der Waals surface area contributed by atoms with Crippen molar-refractivity contribution in [2.75, 3.05) is 7.05 Å². The van der Waals surface area contributed by atoms with E-state index in [0.29, 0.717) is 17.7 Å². The number of fused-ring (bicyclic) bond motifs is 1. The van der Waals surface area contributed by atoms with Gasteiger partial charge in [0.2, 0.25) is 5.91 Å². The molecule has 0 fully saturated rings. The maximum absolute atomic E-state index is 13.5. The fourth-order valence-electron chi connectivity index (χ4n) is 3.89. The minimum Gasteiger partial charge on any atom is -0.490 e. The molecule has 5 nitrogen and oxygen atoms in total. The molecule has 1 aliphatic rings. The number of para-hydroxylation sites is 1. The summed E-state index contributed by atoms with van der Waals surface area (Å²) in [5.74, 6) is 0.448. The van der Waals surface area contributed by atoms with Crippen molar-refractivity contribution in [3.05, 3.63) is 77.9 Å². The molecule has 1 aliphatic heterocycles. The number of likely N-dealkylation sites (N-methyl/N-ethyl adjacent to an activating group) is 1.